The first-order valence-corrected chi connectivity index (χ1v) is 4.72. The minimum absolute atomic E-state index is 0.0792. The van der Waals surface area contributed by atoms with Crippen molar-refractivity contribution in [3.05, 3.63) is 0 Å². The van der Waals surface area contributed by atoms with Gasteiger partial charge in [-0.05, 0) is 26.8 Å². The third-order valence-corrected chi connectivity index (χ3v) is 2.80. The lowest BCUT2D eigenvalue weighted by Crippen LogP contribution is -2.50. The lowest BCUT2D eigenvalue weighted by molar-refractivity contribution is -0.0237. The van der Waals surface area contributed by atoms with Crippen LogP contribution in [0.5, 0.6) is 0 Å². The molecule has 0 aromatic heterocycles. The second-order valence-corrected chi connectivity index (χ2v) is 3.96. The van der Waals surface area contributed by atoms with Gasteiger partial charge in [-0.25, -0.2) is 0 Å². The van der Waals surface area contributed by atoms with E-state index in [0.29, 0.717) is 12.0 Å². The Hall–Kier alpha value is -0.0800. The van der Waals surface area contributed by atoms with E-state index in [-0.39, 0.29) is 5.60 Å². The van der Waals surface area contributed by atoms with Gasteiger partial charge in [0.2, 0.25) is 0 Å². The van der Waals surface area contributed by atoms with Gasteiger partial charge in [0.25, 0.3) is 0 Å². The van der Waals surface area contributed by atoms with Crippen LogP contribution in [0.4, 0.5) is 0 Å². The summed E-state index contributed by atoms with van der Waals surface area (Å²) >= 11 is 0. The highest BCUT2D eigenvalue weighted by Gasteiger charge is 2.31. The van der Waals surface area contributed by atoms with E-state index in [1.165, 1.54) is 6.42 Å². The monoisotopic (exact) mass is 173 g/mol. The van der Waals surface area contributed by atoms with Crippen LogP contribution in [0.1, 0.15) is 34.1 Å². The van der Waals surface area contributed by atoms with Gasteiger partial charge in [-0.2, -0.15) is 0 Å². The smallest absolute Gasteiger partial charge is 0.0777 e. The first kappa shape index (κ1) is 11.9. The average Bonchev–Trinajstić information content (AvgIpc) is 2.05. The van der Waals surface area contributed by atoms with Gasteiger partial charge in [-0.3, -0.25) is 0 Å². The van der Waals surface area contributed by atoms with Gasteiger partial charge in [-0.15, -0.1) is 0 Å². The fraction of sp³-hybridized carbons (Fsp3) is 1.00. The molecule has 2 unspecified atom stereocenters. The highest BCUT2D eigenvalue weighted by molar-refractivity contribution is 4.87. The van der Waals surface area contributed by atoms with E-state index >= 15 is 0 Å². The van der Waals surface area contributed by atoms with Gasteiger partial charge >= 0.3 is 0 Å². The van der Waals surface area contributed by atoms with Crippen molar-refractivity contribution in [3.8, 4) is 0 Å². The summed E-state index contributed by atoms with van der Waals surface area (Å²) in [6, 6.07) is 0.424. The molecule has 2 nitrogen and oxygen atoms in total. The number of hydrogen-bond acceptors (Lipinski definition) is 2. The first-order chi connectivity index (χ1) is 5.49. The predicted octanol–water partition coefficient (Wildman–Crippen LogP) is 2.05. The van der Waals surface area contributed by atoms with E-state index in [0.717, 1.165) is 0 Å². The molecule has 0 saturated carbocycles. The van der Waals surface area contributed by atoms with Crippen molar-refractivity contribution in [2.24, 2.45) is 5.92 Å². The number of likely N-dealkylation sites (N-methyl/N-ethyl adjacent to an activating group) is 1. The van der Waals surface area contributed by atoms with E-state index in [4.69, 9.17) is 4.74 Å². The highest BCUT2D eigenvalue weighted by Crippen LogP contribution is 2.22. The zero-order valence-corrected chi connectivity index (χ0v) is 9.27. The summed E-state index contributed by atoms with van der Waals surface area (Å²) in [5, 5.41) is 3.32. The lowest BCUT2D eigenvalue weighted by Gasteiger charge is -2.36. The largest absolute Gasteiger partial charge is 0.377 e. The van der Waals surface area contributed by atoms with Gasteiger partial charge in [0.15, 0.2) is 0 Å². The van der Waals surface area contributed by atoms with E-state index in [1.807, 2.05) is 7.05 Å². The summed E-state index contributed by atoms with van der Waals surface area (Å²) in [6.45, 7) is 8.71. The molecule has 0 aromatic carbocycles. The Morgan fingerprint density at radius 2 is 1.92 bits per heavy atom. The Kier molecular flexibility index (Phi) is 4.80. The van der Waals surface area contributed by atoms with Gasteiger partial charge in [0, 0.05) is 13.2 Å². The summed E-state index contributed by atoms with van der Waals surface area (Å²) in [4.78, 5) is 0. The lowest BCUT2D eigenvalue weighted by atomic mass is 9.86. The molecule has 0 bridgehead atoms. The normalized spacial score (nSPS) is 17.5. The topological polar surface area (TPSA) is 21.3 Å². The molecule has 0 saturated heterocycles. The van der Waals surface area contributed by atoms with Crippen molar-refractivity contribution < 1.29 is 4.74 Å². The van der Waals surface area contributed by atoms with Gasteiger partial charge in [0.1, 0.15) is 0 Å². The van der Waals surface area contributed by atoms with Crippen molar-refractivity contribution in [1.82, 2.24) is 5.32 Å². The summed E-state index contributed by atoms with van der Waals surface area (Å²) in [5.41, 5.74) is -0.0792. The van der Waals surface area contributed by atoms with Crippen LogP contribution >= 0.6 is 0 Å². The van der Waals surface area contributed by atoms with Gasteiger partial charge in [-0.1, -0.05) is 20.3 Å². The molecular formula is C10H23NO. The Morgan fingerprint density at radius 1 is 1.42 bits per heavy atom. The van der Waals surface area contributed by atoms with E-state index in [2.05, 4.69) is 33.0 Å². The summed E-state index contributed by atoms with van der Waals surface area (Å²) in [6.07, 6.45) is 1.18. The average molecular weight is 173 g/mol. The molecule has 0 aliphatic carbocycles. The quantitative estimate of drug-likeness (QED) is 0.687. The Balaban J connectivity index is 4.32. The molecule has 0 rings (SSSR count). The highest BCUT2D eigenvalue weighted by atomic mass is 16.5. The van der Waals surface area contributed by atoms with Crippen molar-refractivity contribution >= 4 is 0 Å². The van der Waals surface area contributed by atoms with Crippen molar-refractivity contribution in [3.63, 3.8) is 0 Å². The van der Waals surface area contributed by atoms with E-state index in [9.17, 15) is 0 Å². The van der Waals surface area contributed by atoms with Crippen molar-refractivity contribution in [1.29, 1.82) is 0 Å². The maximum absolute atomic E-state index is 5.45. The first-order valence-electron chi connectivity index (χ1n) is 4.72. The number of rotatable bonds is 5. The second kappa shape index (κ2) is 4.83. The Morgan fingerprint density at radius 3 is 2.17 bits per heavy atom. The molecular weight excluding hydrogens is 150 g/mol. The maximum atomic E-state index is 5.45. The Bertz CT molecular complexity index is 123. The van der Waals surface area contributed by atoms with Crippen LogP contribution in [-0.2, 0) is 4.74 Å². The van der Waals surface area contributed by atoms with Gasteiger partial charge < -0.3 is 10.1 Å². The van der Waals surface area contributed by atoms with Crippen LogP contribution in [0.2, 0.25) is 0 Å². The van der Waals surface area contributed by atoms with Crippen LogP contribution < -0.4 is 5.32 Å². The molecule has 2 heteroatoms. The molecule has 0 amide bonds. The van der Waals surface area contributed by atoms with E-state index in [1.54, 1.807) is 7.11 Å². The maximum Gasteiger partial charge on any atom is 0.0777 e. The number of ether oxygens (including phenoxy) is 1. The molecule has 0 radical (unpaired) electrons. The van der Waals surface area contributed by atoms with Crippen LogP contribution in [0.25, 0.3) is 0 Å². The van der Waals surface area contributed by atoms with E-state index < -0.39 is 0 Å². The van der Waals surface area contributed by atoms with Crippen molar-refractivity contribution in [2.75, 3.05) is 14.2 Å². The number of nitrogens with one attached hydrogen (secondary N) is 1. The fourth-order valence-corrected chi connectivity index (χ4v) is 1.68. The third kappa shape index (κ3) is 2.76. The molecule has 0 spiro atoms. The second-order valence-electron chi connectivity index (χ2n) is 3.96. The fourth-order valence-electron chi connectivity index (χ4n) is 1.68. The molecule has 0 aromatic rings. The van der Waals surface area contributed by atoms with Crippen LogP contribution in [0.3, 0.4) is 0 Å². The summed E-state index contributed by atoms with van der Waals surface area (Å²) < 4.78 is 5.45. The van der Waals surface area contributed by atoms with Crippen LogP contribution in [0, 0.1) is 5.92 Å². The standard InChI is InChI=1S/C10H23NO/c1-7-8(2)9(11-5)10(3,4)12-6/h8-9,11H,7H2,1-6H3. The van der Waals surface area contributed by atoms with Gasteiger partial charge in [0.05, 0.1) is 5.60 Å². The number of hydrogen-bond donors (Lipinski definition) is 1. The minimum Gasteiger partial charge on any atom is -0.377 e. The number of methoxy groups -OCH3 is 1. The molecule has 0 heterocycles. The van der Waals surface area contributed by atoms with Crippen LogP contribution in [0.15, 0.2) is 0 Å². The molecule has 74 valence electrons. The summed E-state index contributed by atoms with van der Waals surface area (Å²) in [5.74, 6) is 0.643. The van der Waals surface area contributed by atoms with Crippen LogP contribution in [-0.4, -0.2) is 25.8 Å². The molecule has 2 atom stereocenters. The SMILES string of the molecule is CCC(C)C(NC)C(C)(C)OC. The Labute approximate surface area is 76.7 Å². The predicted molar refractivity (Wildman–Crippen MR) is 53.4 cm³/mol. The minimum atomic E-state index is -0.0792. The molecule has 0 aliphatic rings. The zero-order chi connectivity index (χ0) is 9.78. The molecule has 1 N–H and O–H groups in total. The summed E-state index contributed by atoms with van der Waals surface area (Å²) in [7, 11) is 3.77. The zero-order valence-electron chi connectivity index (χ0n) is 9.27. The molecule has 0 fully saturated rings. The molecule has 12 heavy (non-hydrogen) atoms. The molecule has 0 aliphatic heterocycles. The third-order valence-electron chi connectivity index (χ3n) is 2.80. The van der Waals surface area contributed by atoms with Crippen molar-refractivity contribution in [2.45, 2.75) is 45.8 Å².